The fourth-order valence-electron chi connectivity index (χ4n) is 2.87. The van der Waals surface area contributed by atoms with Gasteiger partial charge in [0.1, 0.15) is 0 Å². The van der Waals surface area contributed by atoms with Crippen molar-refractivity contribution in [1.29, 1.82) is 0 Å². The molecule has 2 N–H and O–H groups in total. The first-order valence-corrected chi connectivity index (χ1v) is 7.57. The van der Waals surface area contributed by atoms with E-state index in [1.807, 2.05) is 36.5 Å². The zero-order valence-electron chi connectivity index (χ0n) is 12.1. The Kier molecular flexibility index (Phi) is 3.95. The number of benzene rings is 1. The fraction of sp³-hybridized carbons (Fsp3) is 0.353. The predicted octanol–water partition coefficient (Wildman–Crippen LogP) is 1.24. The van der Waals surface area contributed by atoms with Gasteiger partial charge in [-0.3, -0.25) is 9.89 Å². The number of rotatable bonds is 3. The van der Waals surface area contributed by atoms with Crippen LogP contribution in [0.2, 0.25) is 0 Å². The summed E-state index contributed by atoms with van der Waals surface area (Å²) in [5, 5.41) is 7.69. The molecule has 1 aromatic heterocycles. The van der Waals surface area contributed by atoms with Gasteiger partial charge in [0.2, 0.25) is 0 Å². The number of hydrogen-bond donors (Lipinski definition) is 2. The minimum atomic E-state index is -0.0606. The van der Waals surface area contributed by atoms with E-state index < -0.39 is 0 Å². The smallest absolute Gasteiger partial charge is 0.280 e. The maximum absolute atomic E-state index is 12.5. The highest BCUT2D eigenvalue weighted by Crippen LogP contribution is 2.17. The van der Waals surface area contributed by atoms with Crippen molar-refractivity contribution >= 4 is 12.8 Å². The van der Waals surface area contributed by atoms with E-state index in [1.54, 1.807) is 0 Å². The highest BCUT2D eigenvalue weighted by atomic mass is 16.1. The molecule has 0 amide bonds. The summed E-state index contributed by atoms with van der Waals surface area (Å²) in [4.78, 5) is 12.5. The maximum atomic E-state index is 12.5. The molecule has 0 aliphatic heterocycles. The van der Waals surface area contributed by atoms with E-state index in [9.17, 15) is 4.79 Å². The van der Waals surface area contributed by atoms with E-state index in [4.69, 9.17) is 0 Å². The predicted molar refractivity (Wildman–Crippen MR) is 85.6 cm³/mol. The molecule has 1 heterocycles. The third kappa shape index (κ3) is 2.94. The second-order valence-corrected chi connectivity index (χ2v) is 5.63. The second-order valence-electron chi connectivity index (χ2n) is 5.63. The number of H-pyrrole nitrogens is 1. The Balaban J connectivity index is 1.91. The summed E-state index contributed by atoms with van der Waals surface area (Å²) in [6.45, 7) is 3.94. The lowest BCUT2D eigenvalue weighted by atomic mass is 9.96. The van der Waals surface area contributed by atoms with Gasteiger partial charge in [-0.25, -0.2) is 4.68 Å². The lowest BCUT2D eigenvalue weighted by Crippen LogP contribution is -2.38. The molecule has 110 valence electrons. The summed E-state index contributed by atoms with van der Waals surface area (Å²) in [5.41, 5.74) is 0.763. The van der Waals surface area contributed by atoms with E-state index in [0.717, 1.165) is 5.69 Å². The van der Waals surface area contributed by atoms with Crippen molar-refractivity contribution in [2.75, 3.05) is 0 Å². The highest BCUT2D eigenvalue weighted by molar-refractivity contribution is 5.32. The molecule has 4 nitrogen and oxygen atoms in total. The van der Waals surface area contributed by atoms with Crippen molar-refractivity contribution in [2.45, 2.75) is 38.1 Å². The largest absolute Gasteiger partial charge is 0.387 e. The van der Waals surface area contributed by atoms with E-state index >= 15 is 0 Å². The quantitative estimate of drug-likeness (QED) is 0.890. The molecule has 2 aromatic rings. The lowest BCUT2D eigenvalue weighted by molar-refractivity contribution is 0.412. The van der Waals surface area contributed by atoms with Crippen LogP contribution in [0.1, 0.15) is 32.1 Å². The first kappa shape index (κ1) is 13.7. The van der Waals surface area contributed by atoms with Crippen LogP contribution in [0.5, 0.6) is 0 Å². The van der Waals surface area contributed by atoms with Crippen molar-refractivity contribution in [2.24, 2.45) is 0 Å². The van der Waals surface area contributed by atoms with Crippen LogP contribution in [0, 0.1) is 0 Å². The van der Waals surface area contributed by atoms with Crippen molar-refractivity contribution in [3.05, 3.63) is 51.3 Å². The summed E-state index contributed by atoms with van der Waals surface area (Å²) in [7, 11) is 0. The van der Waals surface area contributed by atoms with Crippen LogP contribution in [0.3, 0.4) is 0 Å². The van der Waals surface area contributed by atoms with Crippen LogP contribution in [-0.2, 0) is 0 Å². The van der Waals surface area contributed by atoms with Crippen LogP contribution in [0.25, 0.3) is 18.5 Å². The van der Waals surface area contributed by atoms with Crippen molar-refractivity contribution < 1.29 is 0 Å². The highest BCUT2D eigenvalue weighted by Gasteiger charge is 2.11. The molecular formula is C17H21N3O. The van der Waals surface area contributed by atoms with Crippen LogP contribution in [0.4, 0.5) is 0 Å². The van der Waals surface area contributed by atoms with Gasteiger partial charge in [-0.1, -0.05) is 44.0 Å². The average molecular weight is 283 g/mol. The van der Waals surface area contributed by atoms with Crippen LogP contribution in [-0.4, -0.2) is 15.8 Å². The summed E-state index contributed by atoms with van der Waals surface area (Å²) < 4.78 is 1.54. The van der Waals surface area contributed by atoms with E-state index in [0.29, 0.717) is 16.6 Å². The molecule has 0 unspecified atom stereocenters. The lowest BCUT2D eigenvalue weighted by Gasteiger charge is -2.21. The van der Waals surface area contributed by atoms with Crippen LogP contribution < -0.4 is 21.4 Å². The SMILES string of the molecule is C=c1[nH]n(-c2ccccc2)c(=O)c1=CNC1CCCCC1. The Bertz CT molecular complexity index is 752. The summed E-state index contributed by atoms with van der Waals surface area (Å²) >= 11 is 0. The fourth-order valence-corrected chi connectivity index (χ4v) is 2.87. The Morgan fingerprint density at radius 1 is 1.19 bits per heavy atom. The molecule has 4 heteroatoms. The van der Waals surface area contributed by atoms with Gasteiger partial charge in [-0.05, 0) is 25.0 Å². The number of aromatic nitrogens is 2. The molecule has 3 rings (SSSR count). The van der Waals surface area contributed by atoms with E-state index in [-0.39, 0.29) is 5.56 Å². The van der Waals surface area contributed by atoms with Crippen LogP contribution >= 0.6 is 0 Å². The normalized spacial score (nSPS) is 17.0. The number of nitrogens with one attached hydrogen (secondary N) is 2. The molecule has 1 aromatic carbocycles. The van der Waals surface area contributed by atoms with Crippen molar-refractivity contribution in [3.63, 3.8) is 0 Å². The Morgan fingerprint density at radius 2 is 1.90 bits per heavy atom. The zero-order valence-corrected chi connectivity index (χ0v) is 12.1. The first-order chi connectivity index (χ1) is 10.3. The minimum Gasteiger partial charge on any atom is -0.387 e. The molecule has 0 radical (unpaired) electrons. The molecule has 0 bridgehead atoms. The van der Waals surface area contributed by atoms with Gasteiger partial charge in [0.15, 0.2) is 0 Å². The minimum absolute atomic E-state index is 0.0606. The standard InChI is InChI=1S/C17H21N3O/c1-13-16(12-18-14-8-4-2-5-9-14)17(21)20(19-13)15-10-6-3-7-11-15/h3,6-7,10-12,14,18-19H,1-2,4-5,8-9H2. The molecule has 1 aliphatic carbocycles. The van der Waals surface area contributed by atoms with Gasteiger partial charge in [0.25, 0.3) is 5.56 Å². The monoisotopic (exact) mass is 283 g/mol. The van der Waals surface area contributed by atoms with Gasteiger partial charge in [-0.15, -0.1) is 0 Å². The Morgan fingerprint density at radius 3 is 2.62 bits per heavy atom. The Hall–Kier alpha value is -2.23. The van der Waals surface area contributed by atoms with Crippen molar-refractivity contribution in [1.82, 2.24) is 15.1 Å². The van der Waals surface area contributed by atoms with E-state index in [1.165, 1.54) is 36.8 Å². The molecule has 0 saturated heterocycles. The topological polar surface area (TPSA) is 49.8 Å². The summed E-state index contributed by atoms with van der Waals surface area (Å²) in [5.74, 6) is 0. The number of hydrogen-bond acceptors (Lipinski definition) is 2. The molecule has 1 fully saturated rings. The van der Waals surface area contributed by atoms with E-state index in [2.05, 4.69) is 17.0 Å². The first-order valence-electron chi connectivity index (χ1n) is 7.57. The second kappa shape index (κ2) is 6.04. The maximum Gasteiger partial charge on any atom is 0.280 e. The number of para-hydroxylation sites is 1. The van der Waals surface area contributed by atoms with Gasteiger partial charge in [-0.2, -0.15) is 0 Å². The molecule has 0 atom stereocenters. The van der Waals surface area contributed by atoms with Crippen molar-refractivity contribution in [3.8, 4) is 5.69 Å². The third-order valence-corrected chi connectivity index (χ3v) is 4.09. The average Bonchev–Trinajstić information content (AvgIpc) is 2.82. The molecule has 0 spiro atoms. The van der Waals surface area contributed by atoms with Gasteiger partial charge < -0.3 is 5.32 Å². The molecule has 21 heavy (non-hydrogen) atoms. The number of nitrogens with zero attached hydrogens (tertiary/aromatic N) is 1. The Labute approximate surface area is 123 Å². The van der Waals surface area contributed by atoms with Crippen LogP contribution in [0.15, 0.2) is 35.1 Å². The molecular weight excluding hydrogens is 262 g/mol. The molecule has 1 saturated carbocycles. The summed E-state index contributed by atoms with van der Waals surface area (Å²) in [6.07, 6.45) is 8.05. The third-order valence-electron chi connectivity index (χ3n) is 4.09. The number of aromatic amines is 1. The van der Waals surface area contributed by atoms with Gasteiger partial charge in [0.05, 0.1) is 16.3 Å². The summed E-state index contributed by atoms with van der Waals surface area (Å²) in [6, 6.07) is 10.0. The van der Waals surface area contributed by atoms with Gasteiger partial charge in [0, 0.05) is 12.2 Å². The van der Waals surface area contributed by atoms with Gasteiger partial charge >= 0.3 is 0 Å². The molecule has 1 aliphatic rings. The zero-order chi connectivity index (χ0) is 14.7.